The number of nitrogens with zero attached hydrogens (tertiary/aromatic N) is 2. The van der Waals surface area contributed by atoms with Gasteiger partial charge in [0.1, 0.15) is 5.75 Å². The molecule has 1 N–H and O–H groups in total. The average molecular weight is 397 g/mol. The molecule has 2 aromatic rings. The van der Waals surface area contributed by atoms with Crippen molar-refractivity contribution in [2.45, 2.75) is 32.8 Å². The number of ether oxygens (including phenoxy) is 1. The Hall–Kier alpha value is -2.37. The summed E-state index contributed by atoms with van der Waals surface area (Å²) in [5.41, 5.74) is 2.91. The van der Waals surface area contributed by atoms with E-state index in [-0.39, 0.29) is 12.0 Å². The van der Waals surface area contributed by atoms with Gasteiger partial charge >= 0.3 is 0 Å². The second-order valence-electron chi connectivity index (χ2n) is 7.52. The molecule has 2 aromatic carbocycles. The Morgan fingerprint density at radius 3 is 2.24 bits per heavy atom. The second-order valence-corrected chi connectivity index (χ2v) is 7.52. The van der Waals surface area contributed by atoms with Crippen LogP contribution >= 0.6 is 0 Å². The Labute approximate surface area is 173 Å². The van der Waals surface area contributed by atoms with Crippen LogP contribution in [0, 0.1) is 0 Å². The first-order valence-electron chi connectivity index (χ1n) is 10.6. The lowest BCUT2D eigenvalue weighted by Crippen LogP contribution is -2.30. The number of rotatable bonds is 9. The van der Waals surface area contributed by atoms with Crippen molar-refractivity contribution in [2.75, 3.05) is 39.3 Å². The number of hydrogen-bond acceptors (Lipinski definition) is 4. The maximum atomic E-state index is 12.4. The fraction of sp³-hybridized carbons (Fsp3) is 0.458. The van der Waals surface area contributed by atoms with E-state index in [4.69, 9.17) is 4.74 Å². The fourth-order valence-corrected chi connectivity index (χ4v) is 3.74. The molecule has 0 radical (unpaired) electrons. The number of benzene rings is 2. The molecule has 0 saturated carbocycles. The number of carbonyl (C=O) groups excluding carboxylic acids is 1. The van der Waals surface area contributed by atoms with Gasteiger partial charge in [0, 0.05) is 38.3 Å². The predicted octanol–water partition coefficient (Wildman–Crippen LogP) is 3.67. The Morgan fingerprint density at radius 1 is 1.07 bits per heavy atom. The first-order chi connectivity index (χ1) is 14.1. The van der Waals surface area contributed by atoms with Gasteiger partial charge in [-0.2, -0.15) is 0 Å². The molecule has 0 bridgehead atoms. The van der Waals surface area contributed by atoms with Crippen molar-refractivity contribution >= 4 is 5.91 Å². The highest BCUT2D eigenvalue weighted by atomic mass is 16.5. The zero-order valence-electron chi connectivity index (χ0n) is 17.5. The Morgan fingerprint density at radius 2 is 1.69 bits per heavy atom. The number of β-amino-alcohol motifs (C(OH)–C–C–N with tert-alkyl or cyclic N) is 1. The Bertz CT molecular complexity index is 770. The van der Waals surface area contributed by atoms with Crippen LogP contribution in [-0.2, 0) is 0 Å². The number of amides is 1. The minimum atomic E-state index is -0.159. The molecule has 1 saturated heterocycles. The molecule has 0 aliphatic carbocycles. The number of carbonyl (C=O) groups is 1. The third-order valence-electron chi connectivity index (χ3n) is 5.51. The summed E-state index contributed by atoms with van der Waals surface area (Å²) >= 11 is 0. The highest BCUT2D eigenvalue weighted by molar-refractivity contribution is 5.94. The minimum absolute atomic E-state index is 0.0775. The zero-order chi connectivity index (χ0) is 20.6. The van der Waals surface area contributed by atoms with Crippen molar-refractivity contribution in [2.24, 2.45) is 0 Å². The molecule has 1 atom stereocenters. The second kappa shape index (κ2) is 10.4. The number of likely N-dealkylation sites (tertiary alicyclic amines) is 1. The lowest BCUT2D eigenvalue weighted by atomic mass is 10.0. The van der Waals surface area contributed by atoms with Crippen molar-refractivity contribution in [3.8, 4) is 16.9 Å². The van der Waals surface area contributed by atoms with E-state index in [0.29, 0.717) is 6.61 Å². The summed E-state index contributed by atoms with van der Waals surface area (Å²) in [6.45, 7) is 8.84. The molecular weight excluding hydrogens is 364 g/mol. The third-order valence-corrected chi connectivity index (χ3v) is 5.51. The first-order valence-corrected chi connectivity index (χ1v) is 10.6. The number of aliphatic hydroxyl groups excluding tert-OH is 1. The maximum absolute atomic E-state index is 12.4. The summed E-state index contributed by atoms with van der Waals surface area (Å²) < 4.78 is 5.85. The van der Waals surface area contributed by atoms with E-state index in [0.717, 1.165) is 68.0 Å². The van der Waals surface area contributed by atoms with Gasteiger partial charge in [0.25, 0.3) is 5.91 Å². The van der Waals surface area contributed by atoms with Crippen LogP contribution in [0.1, 0.15) is 37.0 Å². The molecule has 0 spiro atoms. The van der Waals surface area contributed by atoms with Crippen LogP contribution < -0.4 is 4.74 Å². The summed E-state index contributed by atoms with van der Waals surface area (Å²) in [6, 6.07) is 15.9. The van der Waals surface area contributed by atoms with E-state index in [1.54, 1.807) is 0 Å². The highest BCUT2D eigenvalue weighted by Crippen LogP contribution is 2.23. The molecule has 1 aliphatic heterocycles. The number of aliphatic hydroxyl groups is 1. The van der Waals surface area contributed by atoms with E-state index in [9.17, 15) is 9.90 Å². The van der Waals surface area contributed by atoms with Gasteiger partial charge in [0.05, 0.1) is 12.7 Å². The SMILES string of the molecule is CCN(CC)C(=O)c1ccc(-c2ccc(OCCCN3CC[C@H](O)C3)cc2)cc1. The molecule has 1 aliphatic rings. The van der Waals surface area contributed by atoms with Gasteiger partial charge in [-0.05, 0) is 62.1 Å². The molecule has 3 rings (SSSR count). The van der Waals surface area contributed by atoms with E-state index in [1.165, 1.54) is 0 Å². The van der Waals surface area contributed by atoms with Crippen LogP contribution in [0.25, 0.3) is 11.1 Å². The van der Waals surface area contributed by atoms with Crippen molar-refractivity contribution in [3.05, 3.63) is 54.1 Å². The molecule has 0 aromatic heterocycles. The lowest BCUT2D eigenvalue weighted by molar-refractivity contribution is 0.0773. The van der Waals surface area contributed by atoms with Gasteiger partial charge in [-0.15, -0.1) is 0 Å². The normalized spacial score (nSPS) is 16.7. The van der Waals surface area contributed by atoms with E-state index < -0.39 is 0 Å². The highest BCUT2D eigenvalue weighted by Gasteiger charge is 2.19. The van der Waals surface area contributed by atoms with Gasteiger partial charge in [0.2, 0.25) is 0 Å². The van der Waals surface area contributed by atoms with Gasteiger partial charge in [0.15, 0.2) is 0 Å². The van der Waals surface area contributed by atoms with Gasteiger partial charge in [-0.1, -0.05) is 24.3 Å². The molecule has 156 valence electrons. The van der Waals surface area contributed by atoms with Crippen molar-refractivity contribution in [3.63, 3.8) is 0 Å². The predicted molar refractivity (Wildman–Crippen MR) is 116 cm³/mol. The molecule has 1 fully saturated rings. The molecule has 1 amide bonds. The molecule has 29 heavy (non-hydrogen) atoms. The monoisotopic (exact) mass is 396 g/mol. The summed E-state index contributed by atoms with van der Waals surface area (Å²) in [6.07, 6.45) is 1.68. The van der Waals surface area contributed by atoms with Crippen LogP contribution in [0.5, 0.6) is 5.75 Å². The summed E-state index contributed by atoms with van der Waals surface area (Å²) in [5, 5.41) is 9.55. The molecule has 5 heteroatoms. The number of hydrogen-bond donors (Lipinski definition) is 1. The molecular formula is C24H32N2O3. The molecule has 0 unspecified atom stereocenters. The van der Waals surface area contributed by atoms with E-state index in [1.807, 2.05) is 67.3 Å². The largest absolute Gasteiger partial charge is 0.494 e. The van der Waals surface area contributed by atoms with Crippen LogP contribution in [0.2, 0.25) is 0 Å². The van der Waals surface area contributed by atoms with Crippen LogP contribution in [0.3, 0.4) is 0 Å². The van der Waals surface area contributed by atoms with Crippen LogP contribution in [0.4, 0.5) is 0 Å². The average Bonchev–Trinajstić information content (AvgIpc) is 3.17. The fourth-order valence-electron chi connectivity index (χ4n) is 3.74. The Balaban J connectivity index is 1.50. The van der Waals surface area contributed by atoms with Crippen molar-refractivity contribution in [1.82, 2.24) is 9.80 Å². The van der Waals surface area contributed by atoms with E-state index >= 15 is 0 Å². The standard InChI is InChI=1S/C24H32N2O3/c1-3-26(4-2)24(28)21-8-6-19(7-9-21)20-10-12-23(13-11-20)29-17-5-15-25-16-14-22(27)18-25/h6-13,22,27H,3-5,14-18H2,1-2H3/t22-/m0/s1. The van der Waals surface area contributed by atoms with Gasteiger partial charge in [-0.25, -0.2) is 0 Å². The van der Waals surface area contributed by atoms with Crippen molar-refractivity contribution < 1.29 is 14.6 Å². The van der Waals surface area contributed by atoms with Gasteiger partial charge < -0.3 is 19.6 Å². The minimum Gasteiger partial charge on any atom is -0.494 e. The molecule has 1 heterocycles. The van der Waals surface area contributed by atoms with Gasteiger partial charge in [-0.3, -0.25) is 4.79 Å². The summed E-state index contributed by atoms with van der Waals surface area (Å²) in [5.74, 6) is 0.942. The molecule has 5 nitrogen and oxygen atoms in total. The first kappa shape index (κ1) is 21.3. The summed E-state index contributed by atoms with van der Waals surface area (Å²) in [4.78, 5) is 16.5. The third kappa shape index (κ3) is 5.81. The van der Waals surface area contributed by atoms with Crippen molar-refractivity contribution in [1.29, 1.82) is 0 Å². The topological polar surface area (TPSA) is 53.0 Å². The quantitative estimate of drug-likeness (QED) is 0.657. The smallest absolute Gasteiger partial charge is 0.253 e. The van der Waals surface area contributed by atoms with Crippen LogP contribution in [0.15, 0.2) is 48.5 Å². The maximum Gasteiger partial charge on any atom is 0.253 e. The zero-order valence-corrected chi connectivity index (χ0v) is 17.5. The van der Waals surface area contributed by atoms with E-state index in [2.05, 4.69) is 4.90 Å². The summed E-state index contributed by atoms with van der Waals surface area (Å²) in [7, 11) is 0. The lowest BCUT2D eigenvalue weighted by Gasteiger charge is -2.18. The Kier molecular flexibility index (Phi) is 7.67. The van der Waals surface area contributed by atoms with Crippen LogP contribution in [-0.4, -0.2) is 66.2 Å².